The normalized spacial score (nSPS) is 10.9. The van der Waals surface area contributed by atoms with Crippen LogP contribution in [0, 0.1) is 11.6 Å². The van der Waals surface area contributed by atoms with Crippen molar-refractivity contribution in [1.82, 2.24) is 4.57 Å². The molecule has 0 saturated heterocycles. The quantitative estimate of drug-likeness (QED) is 0.745. The predicted molar refractivity (Wildman–Crippen MR) is 82.1 cm³/mol. The smallest absolute Gasteiger partial charge is 0.184 e. The van der Waals surface area contributed by atoms with Gasteiger partial charge in [0, 0.05) is 29.7 Å². The summed E-state index contributed by atoms with van der Waals surface area (Å²) < 4.78 is 28.9. The molecule has 1 heterocycles. The van der Waals surface area contributed by atoms with Gasteiger partial charge in [-0.2, -0.15) is 0 Å². The highest BCUT2D eigenvalue weighted by molar-refractivity contribution is 6.09. The number of anilines is 1. The van der Waals surface area contributed by atoms with Crippen molar-refractivity contribution in [1.29, 1.82) is 0 Å². The van der Waals surface area contributed by atoms with Gasteiger partial charge in [0.25, 0.3) is 0 Å². The minimum Gasteiger partial charge on any atom is -0.373 e. The van der Waals surface area contributed by atoms with Gasteiger partial charge in [0.05, 0.1) is 6.54 Å². The Balaban J connectivity index is 1.85. The summed E-state index contributed by atoms with van der Waals surface area (Å²) in [4.78, 5) is 12.3. The summed E-state index contributed by atoms with van der Waals surface area (Å²) in [7, 11) is 1.85. The number of aromatic nitrogens is 1. The van der Waals surface area contributed by atoms with Crippen LogP contribution in [0.1, 0.15) is 10.4 Å². The van der Waals surface area contributed by atoms with E-state index < -0.39 is 11.6 Å². The van der Waals surface area contributed by atoms with Crippen LogP contribution in [0.3, 0.4) is 0 Å². The van der Waals surface area contributed by atoms with Crippen LogP contribution in [0.4, 0.5) is 14.5 Å². The van der Waals surface area contributed by atoms with E-state index in [4.69, 9.17) is 0 Å². The molecule has 112 valence electrons. The molecule has 0 unspecified atom stereocenters. The highest BCUT2D eigenvalue weighted by atomic mass is 19.1. The van der Waals surface area contributed by atoms with Crippen molar-refractivity contribution in [3.63, 3.8) is 0 Å². The van der Waals surface area contributed by atoms with Crippen LogP contribution in [-0.2, 0) is 7.05 Å². The molecule has 0 saturated carbocycles. The molecule has 0 fully saturated rings. The van der Waals surface area contributed by atoms with Gasteiger partial charge in [0.1, 0.15) is 17.3 Å². The fourth-order valence-corrected chi connectivity index (χ4v) is 2.49. The van der Waals surface area contributed by atoms with Crippen LogP contribution < -0.4 is 5.32 Å². The summed E-state index contributed by atoms with van der Waals surface area (Å²) in [6.07, 6.45) is 1.73. The first-order valence-electron chi connectivity index (χ1n) is 6.83. The first kappa shape index (κ1) is 14.3. The number of carbonyl (C=O) groups excluding carboxylic acids is 1. The fourth-order valence-electron chi connectivity index (χ4n) is 2.49. The maximum Gasteiger partial charge on any atom is 0.184 e. The van der Waals surface area contributed by atoms with Crippen LogP contribution in [0.25, 0.3) is 10.9 Å². The number of para-hydroxylation sites is 2. The number of hydrogen-bond donors (Lipinski definition) is 1. The molecule has 0 spiro atoms. The summed E-state index contributed by atoms with van der Waals surface area (Å²) in [6, 6.07) is 11.1. The second-order valence-corrected chi connectivity index (χ2v) is 5.04. The van der Waals surface area contributed by atoms with Gasteiger partial charge in [-0.1, -0.05) is 24.3 Å². The Labute approximate surface area is 126 Å². The van der Waals surface area contributed by atoms with Crippen LogP contribution in [-0.4, -0.2) is 16.9 Å². The topological polar surface area (TPSA) is 34.0 Å². The Kier molecular flexibility index (Phi) is 3.63. The van der Waals surface area contributed by atoms with Gasteiger partial charge < -0.3 is 9.88 Å². The molecule has 0 radical (unpaired) electrons. The number of nitrogens with zero attached hydrogens (tertiary/aromatic N) is 1. The van der Waals surface area contributed by atoms with E-state index in [1.165, 1.54) is 6.07 Å². The van der Waals surface area contributed by atoms with Crippen molar-refractivity contribution < 1.29 is 13.6 Å². The third-order valence-corrected chi connectivity index (χ3v) is 3.59. The predicted octanol–water partition coefficient (Wildman–Crippen LogP) is 3.75. The Morgan fingerprint density at radius 2 is 1.77 bits per heavy atom. The fraction of sp³-hybridized carbons (Fsp3) is 0.118. The number of benzene rings is 2. The highest BCUT2D eigenvalue weighted by Gasteiger charge is 2.15. The molecule has 5 heteroatoms. The van der Waals surface area contributed by atoms with E-state index in [9.17, 15) is 13.6 Å². The van der Waals surface area contributed by atoms with Crippen molar-refractivity contribution in [3.05, 3.63) is 65.9 Å². The van der Waals surface area contributed by atoms with Crippen molar-refractivity contribution in [2.75, 3.05) is 11.9 Å². The molecule has 2 aromatic carbocycles. The van der Waals surface area contributed by atoms with E-state index in [1.54, 1.807) is 6.20 Å². The third kappa shape index (κ3) is 2.45. The Hall–Kier alpha value is -2.69. The Bertz CT molecular complexity index is 835. The zero-order valence-corrected chi connectivity index (χ0v) is 11.9. The molecule has 22 heavy (non-hydrogen) atoms. The van der Waals surface area contributed by atoms with Gasteiger partial charge in [-0.15, -0.1) is 0 Å². The standard InChI is InChI=1S/C17H14F2N2O/c1-21-10-12(11-5-2-3-8-15(11)21)16(22)9-20-17-13(18)6-4-7-14(17)19/h2-8,10,20H,9H2,1H3. The second kappa shape index (κ2) is 5.60. The van der Waals surface area contributed by atoms with E-state index in [0.29, 0.717) is 5.56 Å². The van der Waals surface area contributed by atoms with Crippen LogP contribution in [0.15, 0.2) is 48.7 Å². The van der Waals surface area contributed by atoms with Gasteiger partial charge in [-0.3, -0.25) is 4.79 Å². The van der Waals surface area contributed by atoms with Crippen molar-refractivity contribution in [2.24, 2.45) is 7.05 Å². The van der Waals surface area contributed by atoms with Gasteiger partial charge in [0.2, 0.25) is 0 Å². The van der Waals surface area contributed by atoms with Gasteiger partial charge in [-0.25, -0.2) is 8.78 Å². The lowest BCUT2D eigenvalue weighted by Gasteiger charge is -2.07. The average molecular weight is 300 g/mol. The number of fused-ring (bicyclic) bond motifs is 1. The first-order valence-corrected chi connectivity index (χ1v) is 6.83. The molecule has 0 aliphatic heterocycles. The second-order valence-electron chi connectivity index (χ2n) is 5.04. The molecule has 0 atom stereocenters. The lowest BCUT2D eigenvalue weighted by molar-refractivity contribution is 0.101. The molecule has 3 rings (SSSR count). The SMILES string of the molecule is Cn1cc(C(=O)CNc2c(F)cccc2F)c2ccccc21. The van der Waals surface area contributed by atoms with Crippen LogP contribution in [0.2, 0.25) is 0 Å². The van der Waals surface area contributed by atoms with Crippen molar-refractivity contribution in [2.45, 2.75) is 0 Å². The molecule has 0 aliphatic rings. The molecular weight excluding hydrogens is 286 g/mol. The number of carbonyl (C=O) groups is 1. The summed E-state index contributed by atoms with van der Waals surface area (Å²) in [5.41, 5.74) is 1.18. The summed E-state index contributed by atoms with van der Waals surface area (Å²) in [6.45, 7) is -0.175. The number of rotatable bonds is 4. The van der Waals surface area contributed by atoms with E-state index in [0.717, 1.165) is 23.0 Å². The van der Waals surface area contributed by atoms with Gasteiger partial charge in [-0.05, 0) is 18.2 Å². The number of Topliss-reactive ketones (excluding diaryl/α,β-unsaturated/α-hetero) is 1. The Morgan fingerprint density at radius 1 is 1.09 bits per heavy atom. The number of halogens is 2. The zero-order valence-electron chi connectivity index (χ0n) is 11.9. The molecule has 3 nitrogen and oxygen atoms in total. The van der Waals surface area contributed by atoms with E-state index in [-0.39, 0.29) is 18.0 Å². The molecular formula is C17H14F2N2O. The monoisotopic (exact) mass is 300 g/mol. The molecule has 0 aliphatic carbocycles. The lowest BCUT2D eigenvalue weighted by atomic mass is 10.1. The molecule has 1 aromatic heterocycles. The van der Waals surface area contributed by atoms with Gasteiger partial charge >= 0.3 is 0 Å². The summed E-state index contributed by atoms with van der Waals surface area (Å²) >= 11 is 0. The molecule has 0 bridgehead atoms. The number of ketones is 1. The minimum absolute atomic E-state index is 0.175. The number of aryl methyl sites for hydroxylation is 1. The maximum absolute atomic E-state index is 13.5. The van der Waals surface area contributed by atoms with Crippen LogP contribution in [0.5, 0.6) is 0 Å². The first-order chi connectivity index (χ1) is 10.6. The largest absolute Gasteiger partial charge is 0.373 e. The number of hydrogen-bond acceptors (Lipinski definition) is 2. The van der Waals surface area contributed by atoms with Crippen molar-refractivity contribution in [3.8, 4) is 0 Å². The van der Waals surface area contributed by atoms with Crippen molar-refractivity contribution >= 4 is 22.4 Å². The van der Waals surface area contributed by atoms with Crippen LogP contribution >= 0.6 is 0 Å². The van der Waals surface area contributed by atoms with E-state index in [2.05, 4.69) is 5.32 Å². The van der Waals surface area contributed by atoms with Gasteiger partial charge in [0.15, 0.2) is 5.78 Å². The molecule has 0 amide bonds. The summed E-state index contributed by atoms with van der Waals surface area (Å²) in [5.74, 6) is -1.66. The lowest BCUT2D eigenvalue weighted by Crippen LogP contribution is -2.15. The highest BCUT2D eigenvalue weighted by Crippen LogP contribution is 2.22. The average Bonchev–Trinajstić information content (AvgIpc) is 2.84. The minimum atomic E-state index is -0.717. The maximum atomic E-state index is 13.5. The molecule has 1 N–H and O–H groups in total. The summed E-state index contributed by atoms with van der Waals surface area (Å²) in [5, 5.41) is 3.37. The third-order valence-electron chi connectivity index (χ3n) is 3.59. The van der Waals surface area contributed by atoms with E-state index >= 15 is 0 Å². The number of nitrogens with one attached hydrogen (secondary N) is 1. The Morgan fingerprint density at radius 3 is 2.50 bits per heavy atom. The van der Waals surface area contributed by atoms with E-state index in [1.807, 2.05) is 35.9 Å². The molecule has 3 aromatic rings. The zero-order chi connectivity index (χ0) is 15.7.